The van der Waals surface area contributed by atoms with Gasteiger partial charge in [-0.15, -0.1) is 0 Å². The van der Waals surface area contributed by atoms with Crippen molar-refractivity contribution in [3.8, 4) is 0 Å². The minimum absolute atomic E-state index is 0.117. The zero-order chi connectivity index (χ0) is 19.9. The Hall–Kier alpha value is -2.37. The molecule has 1 atom stereocenters. The molecule has 0 saturated carbocycles. The molecule has 0 fully saturated rings. The Labute approximate surface area is 155 Å². The van der Waals surface area contributed by atoms with Crippen molar-refractivity contribution in [2.24, 2.45) is 5.41 Å². The quantitative estimate of drug-likeness (QED) is 0.773. The van der Waals surface area contributed by atoms with Crippen LogP contribution in [0, 0.1) is 5.41 Å². The molecule has 0 radical (unpaired) electrons. The van der Waals surface area contributed by atoms with Crippen molar-refractivity contribution in [3.63, 3.8) is 0 Å². The van der Waals surface area contributed by atoms with Crippen molar-refractivity contribution >= 4 is 17.9 Å². The van der Waals surface area contributed by atoms with Crippen LogP contribution in [-0.2, 0) is 4.74 Å². The molecule has 26 heavy (non-hydrogen) atoms. The average molecular weight is 360 g/mol. The van der Waals surface area contributed by atoms with Gasteiger partial charge < -0.3 is 9.64 Å². The van der Waals surface area contributed by atoms with Crippen LogP contribution >= 0.6 is 0 Å². The highest BCUT2D eigenvalue weighted by atomic mass is 16.6. The van der Waals surface area contributed by atoms with Gasteiger partial charge in [0.05, 0.1) is 23.7 Å². The number of benzene rings is 1. The third-order valence-electron chi connectivity index (χ3n) is 4.38. The molecule has 1 heterocycles. The van der Waals surface area contributed by atoms with E-state index in [0.29, 0.717) is 11.1 Å². The SMILES string of the molecule is CN(C(=O)OC(C)(C)C)C(CN1C(=O)c2ccccc2C1=O)C(C)(C)C. The summed E-state index contributed by atoms with van der Waals surface area (Å²) in [4.78, 5) is 40.5. The first-order chi connectivity index (χ1) is 11.8. The smallest absolute Gasteiger partial charge is 0.410 e. The van der Waals surface area contributed by atoms with E-state index in [-0.39, 0.29) is 29.8 Å². The molecule has 1 unspecified atom stereocenters. The van der Waals surface area contributed by atoms with Crippen LogP contribution < -0.4 is 0 Å². The fraction of sp³-hybridized carbons (Fsp3) is 0.550. The van der Waals surface area contributed by atoms with Gasteiger partial charge in [-0.3, -0.25) is 14.5 Å². The second-order valence-electron chi connectivity index (χ2n) is 8.74. The third-order valence-corrected chi connectivity index (χ3v) is 4.38. The fourth-order valence-corrected chi connectivity index (χ4v) is 3.02. The molecule has 1 aliphatic rings. The van der Waals surface area contributed by atoms with Crippen LogP contribution in [0.2, 0.25) is 0 Å². The highest BCUT2D eigenvalue weighted by Crippen LogP contribution is 2.29. The first kappa shape index (κ1) is 19.9. The molecule has 3 amide bonds. The van der Waals surface area contributed by atoms with Crippen molar-refractivity contribution in [2.75, 3.05) is 13.6 Å². The number of carbonyl (C=O) groups excluding carboxylic acids is 3. The molecule has 1 aromatic carbocycles. The van der Waals surface area contributed by atoms with Gasteiger partial charge in [-0.05, 0) is 38.3 Å². The molecule has 0 spiro atoms. The molecule has 0 bridgehead atoms. The van der Waals surface area contributed by atoms with E-state index < -0.39 is 11.7 Å². The summed E-state index contributed by atoms with van der Waals surface area (Å²) in [5.74, 6) is -0.644. The maximum atomic E-state index is 12.7. The van der Waals surface area contributed by atoms with Crippen LogP contribution in [0.4, 0.5) is 4.79 Å². The second kappa shape index (κ2) is 6.74. The molecule has 0 saturated heterocycles. The number of hydrogen-bond acceptors (Lipinski definition) is 4. The number of amides is 3. The van der Waals surface area contributed by atoms with Crippen LogP contribution in [0.3, 0.4) is 0 Å². The van der Waals surface area contributed by atoms with Crippen LogP contribution in [0.5, 0.6) is 0 Å². The Morgan fingerprint density at radius 2 is 1.50 bits per heavy atom. The first-order valence-corrected chi connectivity index (χ1v) is 8.74. The highest BCUT2D eigenvalue weighted by molar-refractivity contribution is 6.21. The summed E-state index contributed by atoms with van der Waals surface area (Å²) >= 11 is 0. The van der Waals surface area contributed by atoms with Crippen molar-refractivity contribution in [1.29, 1.82) is 0 Å². The number of carbonyl (C=O) groups is 3. The summed E-state index contributed by atoms with van der Waals surface area (Å²) in [5, 5.41) is 0. The molecule has 1 aliphatic heterocycles. The lowest BCUT2D eigenvalue weighted by atomic mass is 9.85. The molecule has 0 aromatic heterocycles. The molecular weight excluding hydrogens is 332 g/mol. The highest BCUT2D eigenvalue weighted by Gasteiger charge is 2.41. The van der Waals surface area contributed by atoms with Gasteiger partial charge in [-0.2, -0.15) is 0 Å². The van der Waals surface area contributed by atoms with E-state index in [1.807, 2.05) is 20.8 Å². The Kier molecular flexibility index (Phi) is 5.17. The molecule has 6 nitrogen and oxygen atoms in total. The summed E-state index contributed by atoms with van der Waals surface area (Å²) in [5.41, 5.74) is -0.167. The Balaban J connectivity index is 2.26. The number of rotatable bonds is 3. The molecule has 1 aromatic rings. The van der Waals surface area contributed by atoms with E-state index in [9.17, 15) is 14.4 Å². The monoisotopic (exact) mass is 360 g/mol. The lowest BCUT2D eigenvalue weighted by molar-refractivity contribution is 0.00425. The zero-order valence-corrected chi connectivity index (χ0v) is 16.6. The normalized spacial score (nSPS) is 15.7. The van der Waals surface area contributed by atoms with Crippen LogP contribution in [0.15, 0.2) is 24.3 Å². The molecule has 142 valence electrons. The number of ether oxygens (including phenoxy) is 1. The first-order valence-electron chi connectivity index (χ1n) is 8.74. The van der Waals surface area contributed by atoms with Crippen molar-refractivity contribution in [1.82, 2.24) is 9.80 Å². The van der Waals surface area contributed by atoms with E-state index >= 15 is 0 Å². The number of imide groups is 1. The Morgan fingerprint density at radius 1 is 1.04 bits per heavy atom. The van der Waals surface area contributed by atoms with Gasteiger partial charge in [0.25, 0.3) is 11.8 Å². The Bertz CT molecular complexity index is 693. The van der Waals surface area contributed by atoms with Gasteiger partial charge in [0.15, 0.2) is 0 Å². The largest absolute Gasteiger partial charge is 0.444 e. The van der Waals surface area contributed by atoms with Gasteiger partial charge in [0.2, 0.25) is 0 Å². The van der Waals surface area contributed by atoms with E-state index in [1.54, 1.807) is 52.1 Å². The maximum Gasteiger partial charge on any atom is 0.410 e. The number of hydrogen-bond donors (Lipinski definition) is 0. The average Bonchev–Trinajstić information content (AvgIpc) is 2.74. The van der Waals surface area contributed by atoms with Crippen molar-refractivity contribution in [3.05, 3.63) is 35.4 Å². The van der Waals surface area contributed by atoms with E-state index in [0.717, 1.165) is 0 Å². The predicted molar refractivity (Wildman–Crippen MR) is 99.0 cm³/mol. The van der Waals surface area contributed by atoms with E-state index in [4.69, 9.17) is 4.74 Å². The molecular formula is C20H28N2O4. The molecule has 6 heteroatoms. The summed E-state index contributed by atoms with van der Waals surface area (Å²) in [6, 6.07) is 6.39. The van der Waals surface area contributed by atoms with Gasteiger partial charge in [0, 0.05) is 7.05 Å². The fourth-order valence-electron chi connectivity index (χ4n) is 3.02. The summed E-state index contributed by atoms with van der Waals surface area (Å²) in [7, 11) is 1.64. The zero-order valence-electron chi connectivity index (χ0n) is 16.6. The van der Waals surface area contributed by atoms with Gasteiger partial charge >= 0.3 is 6.09 Å². The second-order valence-corrected chi connectivity index (χ2v) is 8.74. The summed E-state index contributed by atoms with van der Waals surface area (Å²) < 4.78 is 5.45. The third kappa shape index (κ3) is 4.06. The van der Waals surface area contributed by atoms with E-state index in [2.05, 4.69) is 0 Å². The minimum Gasteiger partial charge on any atom is -0.444 e. The number of likely N-dealkylation sites (N-methyl/N-ethyl adjacent to an activating group) is 1. The summed E-state index contributed by atoms with van der Waals surface area (Å²) in [6.45, 7) is 11.4. The van der Waals surface area contributed by atoms with Crippen molar-refractivity contribution < 1.29 is 19.1 Å². The Morgan fingerprint density at radius 3 is 1.88 bits per heavy atom. The minimum atomic E-state index is -0.622. The van der Waals surface area contributed by atoms with Crippen LogP contribution in [0.1, 0.15) is 62.3 Å². The van der Waals surface area contributed by atoms with Gasteiger partial charge in [0.1, 0.15) is 5.60 Å². The topological polar surface area (TPSA) is 66.9 Å². The maximum absolute atomic E-state index is 12.7. The molecule has 0 aliphatic carbocycles. The molecule has 0 N–H and O–H groups in total. The number of fused-ring (bicyclic) bond motifs is 1. The lowest BCUT2D eigenvalue weighted by Crippen LogP contribution is -2.53. The van der Waals surface area contributed by atoms with Crippen molar-refractivity contribution in [2.45, 2.75) is 53.2 Å². The standard InChI is InChI=1S/C20H28N2O4/c1-19(2,3)15(21(7)18(25)26-20(4,5)6)12-22-16(23)13-10-8-9-11-14(13)17(22)24/h8-11,15H,12H2,1-7H3. The summed E-state index contributed by atoms with van der Waals surface area (Å²) in [6.07, 6.45) is -0.478. The number of nitrogens with zero attached hydrogens (tertiary/aromatic N) is 2. The predicted octanol–water partition coefficient (Wildman–Crippen LogP) is 3.56. The molecule has 2 rings (SSSR count). The van der Waals surface area contributed by atoms with Gasteiger partial charge in [-0.1, -0.05) is 32.9 Å². The van der Waals surface area contributed by atoms with E-state index in [1.165, 1.54) is 9.80 Å². The lowest BCUT2D eigenvalue weighted by Gasteiger charge is -2.40. The van der Waals surface area contributed by atoms with Crippen LogP contribution in [0.25, 0.3) is 0 Å². The van der Waals surface area contributed by atoms with Crippen LogP contribution in [-0.4, -0.2) is 52.9 Å². The van der Waals surface area contributed by atoms with Gasteiger partial charge in [-0.25, -0.2) is 4.79 Å².